The molecule has 1 aromatic carbocycles. The summed E-state index contributed by atoms with van der Waals surface area (Å²) in [5, 5.41) is 2.80. The Morgan fingerprint density at radius 2 is 2.03 bits per heavy atom. The molecule has 1 aliphatic carbocycles. The third-order valence-electron chi connectivity index (χ3n) is 6.33. The number of carbonyl (C=O) groups is 4. The first-order valence-corrected chi connectivity index (χ1v) is 10.1. The topological polar surface area (TPSA) is 96.0 Å². The molecule has 1 spiro atoms. The van der Waals surface area contributed by atoms with E-state index in [0.717, 1.165) is 41.8 Å². The van der Waals surface area contributed by atoms with E-state index in [4.69, 9.17) is 4.74 Å². The summed E-state index contributed by atoms with van der Waals surface area (Å²) in [6.45, 7) is 1.59. The highest BCUT2D eigenvalue weighted by Crippen LogP contribution is 2.38. The summed E-state index contributed by atoms with van der Waals surface area (Å²) >= 11 is 0. The first-order valence-electron chi connectivity index (χ1n) is 10.1. The third kappa shape index (κ3) is 3.36. The number of para-hydroxylation sites is 1. The molecule has 0 aromatic heterocycles. The van der Waals surface area contributed by atoms with Crippen LogP contribution in [0.1, 0.15) is 38.2 Å². The van der Waals surface area contributed by atoms with Gasteiger partial charge in [0.25, 0.3) is 11.8 Å². The molecule has 2 atom stereocenters. The van der Waals surface area contributed by atoms with Crippen LogP contribution >= 0.6 is 0 Å². The predicted octanol–water partition coefficient (Wildman–Crippen LogP) is 1.62. The minimum atomic E-state index is -0.912. The van der Waals surface area contributed by atoms with Gasteiger partial charge in [-0.05, 0) is 36.8 Å². The Hall–Kier alpha value is -2.90. The molecule has 4 rings (SSSR count). The Kier molecular flexibility index (Phi) is 5.02. The molecule has 2 fully saturated rings. The molecule has 154 valence electrons. The number of benzene rings is 1. The Labute approximate surface area is 169 Å². The van der Waals surface area contributed by atoms with Crippen LogP contribution in [0.4, 0.5) is 10.5 Å². The van der Waals surface area contributed by atoms with Crippen molar-refractivity contribution in [1.29, 1.82) is 0 Å². The summed E-state index contributed by atoms with van der Waals surface area (Å²) in [4.78, 5) is 52.4. The number of nitrogens with zero attached hydrogens (tertiary/aromatic N) is 2. The Morgan fingerprint density at radius 3 is 2.83 bits per heavy atom. The van der Waals surface area contributed by atoms with Crippen LogP contribution in [0.5, 0.6) is 0 Å². The van der Waals surface area contributed by atoms with Crippen LogP contribution in [0.25, 0.3) is 0 Å². The first-order chi connectivity index (χ1) is 13.9. The molecule has 8 heteroatoms. The fourth-order valence-electron chi connectivity index (χ4n) is 4.63. The maximum atomic E-state index is 12.9. The molecule has 29 heavy (non-hydrogen) atoms. The van der Waals surface area contributed by atoms with E-state index in [0.29, 0.717) is 13.0 Å². The van der Waals surface area contributed by atoms with E-state index in [-0.39, 0.29) is 17.7 Å². The van der Waals surface area contributed by atoms with Crippen LogP contribution in [-0.4, -0.2) is 54.0 Å². The Morgan fingerprint density at radius 1 is 1.24 bits per heavy atom. The van der Waals surface area contributed by atoms with E-state index in [9.17, 15) is 19.2 Å². The number of carbonyl (C=O) groups excluding carboxylic acids is 4. The van der Waals surface area contributed by atoms with Crippen LogP contribution < -0.4 is 10.2 Å². The van der Waals surface area contributed by atoms with Crippen LogP contribution in [0, 0.1) is 5.92 Å². The molecule has 2 aliphatic heterocycles. The van der Waals surface area contributed by atoms with Gasteiger partial charge in [-0.2, -0.15) is 0 Å². The summed E-state index contributed by atoms with van der Waals surface area (Å²) in [5.41, 5.74) is 0.999. The molecule has 0 bridgehead atoms. The van der Waals surface area contributed by atoms with E-state index in [1.54, 1.807) is 4.90 Å². The number of hydrogen-bond donors (Lipinski definition) is 1. The van der Waals surface area contributed by atoms with Gasteiger partial charge in [0.1, 0.15) is 12.1 Å². The van der Waals surface area contributed by atoms with Crippen LogP contribution in [0.3, 0.4) is 0 Å². The zero-order chi connectivity index (χ0) is 20.6. The lowest BCUT2D eigenvalue weighted by Crippen LogP contribution is -2.54. The van der Waals surface area contributed by atoms with E-state index < -0.39 is 30.7 Å². The summed E-state index contributed by atoms with van der Waals surface area (Å²) in [6.07, 6.45) is 4.09. The van der Waals surface area contributed by atoms with Crippen molar-refractivity contribution < 1.29 is 23.9 Å². The molecule has 0 radical (unpaired) electrons. The lowest BCUT2D eigenvalue weighted by molar-refractivity contribution is -0.151. The zero-order valence-corrected chi connectivity index (χ0v) is 16.5. The van der Waals surface area contributed by atoms with Crippen molar-refractivity contribution in [3.63, 3.8) is 0 Å². The Bertz CT molecular complexity index is 870. The minimum absolute atomic E-state index is 0.0190. The number of hydrogen-bond acceptors (Lipinski definition) is 5. The number of imide groups is 1. The third-order valence-corrected chi connectivity index (χ3v) is 6.33. The molecule has 1 saturated carbocycles. The van der Waals surface area contributed by atoms with Gasteiger partial charge >= 0.3 is 12.0 Å². The van der Waals surface area contributed by atoms with Gasteiger partial charge < -0.3 is 15.0 Å². The number of esters is 1. The number of nitrogens with one attached hydrogen (secondary N) is 1. The van der Waals surface area contributed by atoms with Crippen LogP contribution in [0.15, 0.2) is 24.3 Å². The van der Waals surface area contributed by atoms with Gasteiger partial charge in [-0.15, -0.1) is 0 Å². The average molecular weight is 399 g/mol. The van der Waals surface area contributed by atoms with E-state index in [2.05, 4.69) is 5.32 Å². The van der Waals surface area contributed by atoms with Crippen molar-refractivity contribution in [3.05, 3.63) is 29.8 Å². The van der Waals surface area contributed by atoms with Gasteiger partial charge in [0, 0.05) is 12.2 Å². The van der Waals surface area contributed by atoms with Crippen molar-refractivity contribution in [1.82, 2.24) is 10.2 Å². The summed E-state index contributed by atoms with van der Waals surface area (Å²) in [6, 6.07) is 7.04. The maximum absolute atomic E-state index is 12.9. The fourth-order valence-corrected chi connectivity index (χ4v) is 4.63. The van der Waals surface area contributed by atoms with Crippen molar-refractivity contribution in [2.75, 3.05) is 24.6 Å². The normalized spacial score (nSPS) is 25.9. The first kappa shape index (κ1) is 19.4. The van der Waals surface area contributed by atoms with Gasteiger partial charge in [0.15, 0.2) is 6.61 Å². The summed E-state index contributed by atoms with van der Waals surface area (Å²) < 4.78 is 5.09. The van der Waals surface area contributed by atoms with Crippen LogP contribution in [0.2, 0.25) is 0 Å². The standard InChI is InChI=1S/C21H25N3O5/c1-14-6-4-5-10-21(14)19(27)24(20(28)22-21)12-18(26)29-13-17(25)23-11-9-15-7-2-3-8-16(15)23/h2-3,7-8,14H,4-6,9-13H2,1H3,(H,22,28)/t14-,21+/m1/s1. The smallest absolute Gasteiger partial charge is 0.326 e. The Balaban J connectivity index is 1.34. The molecule has 1 saturated heterocycles. The second-order valence-corrected chi connectivity index (χ2v) is 8.02. The molecule has 2 heterocycles. The van der Waals surface area contributed by atoms with Crippen molar-refractivity contribution in [2.24, 2.45) is 5.92 Å². The molecule has 1 N–H and O–H groups in total. The van der Waals surface area contributed by atoms with Gasteiger partial charge in [0.05, 0.1) is 0 Å². The number of amides is 4. The number of ether oxygens (including phenoxy) is 1. The SMILES string of the molecule is C[C@@H]1CCCC[C@]12NC(=O)N(CC(=O)OCC(=O)N1CCc3ccccc31)C2=O. The molecular formula is C21H25N3O5. The number of anilines is 1. The minimum Gasteiger partial charge on any atom is -0.454 e. The van der Waals surface area contributed by atoms with Gasteiger partial charge in [-0.25, -0.2) is 4.79 Å². The van der Waals surface area contributed by atoms with E-state index in [1.807, 2.05) is 31.2 Å². The van der Waals surface area contributed by atoms with E-state index in [1.165, 1.54) is 0 Å². The summed E-state index contributed by atoms with van der Waals surface area (Å²) in [5.74, 6) is -1.44. The molecular weight excluding hydrogens is 374 g/mol. The van der Waals surface area contributed by atoms with Gasteiger partial charge in [0.2, 0.25) is 0 Å². The highest BCUT2D eigenvalue weighted by Gasteiger charge is 2.55. The van der Waals surface area contributed by atoms with Crippen molar-refractivity contribution in [2.45, 2.75) is 44.6 Å². The monoisotopic (exact) mass is 399 g/mol. The molecule has 4 amide bonds. The molecule has 3 aliphatic rings. The maximum Gasteiger partial charge on any atom is 0.326 e. The summed E-state index contributed by atoms with van der Waals surface area (Å²) in [7, 11) is 0. The highest BCUT2D eigenvalue weighted by atomic mass is 16.5. The molecule has 1 aromatic rings. The number of rotatable bonds is 4. The molecule has 0 unspecified atom stereocenters. The van der Waals surface area contributed by atoms with Gasteiger partial charge in [-0.1, -0.05) is 38.0 Å². The van der Waals surface area contributed by atoms with Crippen molar-refractivity contribution in [3.8, 4) is 0 Å². The fraction of sp³-hybridized carbons (Fsp3) is 0.524. The number of fused-ring (bicyclic) bond motifs is 1. The largest absolute Gasteiger partial charge is 0.454 e. The zero-order valence-electron chi connectivity index (χ0n) is 16.5. The molecule has 8 nitrogen and oxygen atoms in total. The quantitative estimate of drug-likeness (QED) is 0.613. The lowest BCUT2D eigenvalue weighted by Gasteiger charge is -2.36. The van der Waals surface area contributed by atoms with E-state index >= 15 is 0 Å². The van der Waals surface area contributed by atoms with Crippen LogP contribution in [-0.2, 0) is 25.5 Å². The number of urea groups is 1. The second-order valence-electron chi connectivity index (χ2n) is 8.02. The lowest BCUT2D eigenvalue weighted by atomic mass is 9.73. The second kappa shape index (κ2) is 7.50. The highest BCUT2D eigenvalue weighted by molar-refractivity contribution is 6.09. The van der Waals surface area contributed by atoms with Gasteiger partial charge in [-0.3, -0.25) is 19.3 Å². The predicted molar refractivity (Wildman–Crippen MR) is 104 cm³/mol. The average Bonchev–Trinajstić information content (AvgIpc) is 3.24. The van der Waals surface area contributed by atoms with Crippen molar-refractivity contribution >= 4 is 29.5 Å².